The fourth-order valence-electron chi connectivity index (χ4n) is 0.643. The molecular weight excluding hydrogens is 128 g/mol. The molecule has 0 rings (SSSR count). The van der Waals surface area contributed by atoms with Crippen molar-refractivity contribution < 1.29 is 9.47 Å². The quantitative estimate of drug-likeness (QED) is 0.534. The largest absolute Gasteiger partial charge is 0.353 e. The maximum atomic E-state index is 5.24. The van der Waals surface area contributed by atoms with Crippen LogP contribution in [-0.2, 0) is 9.47 Å². The average Bonchev–Trinajstić information content (AvgIpc) is 1.98. The third kappa shape index (κ3) is 4.77. The smallest absolute Gasteiger partial charge is 0.157 e. The van der Waals surface area contributed by atoms with Crippen LogP contribution in [0.25, 0.3) is 0 Å². The van der Waals surface area contributed by atoms with Crippen LogP contribution in [0.5, 0.6) is 0 Å². The lowest BCUT2D eigenvalue weighted by molar-refractivity contribution is -0.119. The van der Waals surface area contributed by atoms with E-state index in [1.54, 1.807) is 6.61 Å². The molecule has 1 atom stereocenters. The van der Waals surface area contributed by atoms with Gasteiger partial charge in [-0.05, 0) is 19.8 Å². The molecule has 0 heterocycles. The minimum absolute atomic E-state index is 0.0371. The van der Waals surface area contributed by atoms with Crippen LogP contribution in [0.1, 0.15) is 33.6 Å². The van der Waals surface area contributed by atoms with Crippen LogP contribution in [-0.4, -0.2) is 12.9 Å². The first kappa shape index (κ1) is 9.92. The van der Waals surface area contributed by atoms with Gasteiger partial charge in [-0.1, -0.05) is 13.8 Å². The Morgan fingerprint density at radius 1 is 1.30 bits per heavy atom. The average molecular weight is 145 g/mol. The van der Waals surface area contributed by atoms with Gasteiger partial charge in [-0.25, -0.2) is 0 Å². The normalized spacial score (nSPS) is 13.5. The molecule has 0 amide bonds. The lowest BCUT2D eigenvalue weighted by Gasteiger charge is -2.14. The van der Waals surface area contributed by atoms with Crippen molar-refractivity contribution in [1.29, 1.82) is 0 Å². The SMILES string of the molecule is CC[CH]OC(CC)OCC. The molecule has 61 valence electrons. The zero-order valence-electron chi connectivity index (χ0n) is 7.09. The first-order valence-corrected chi connectivity index (χ1v) is 3.93. The van der Waals surface area contributed by atoms with Gasteiger partial charge in [-0.2, -0.15) is 0 Å². The van der Waals surface area contributed by atoms with E-state index >= 15 is 0 Å². The van der Waals surface area contributed by atoms with Crippen molar-refractivity contribution in [2.45, 2.75) is 39.9 Å². The molecule has 0 aromatic carbocycles. The molecule has 1 radical (unpaired) electrons. The van der Waals surface area contributed by atoms with Gasteiger partial charge in [0.25, 0.3) is 0 Å². The molecule has 1 unspecified atom stereocenters. The zero-order chi connectivity index (χ0) is 7.82. The molecule has 0 aliphatic heterocycles. The van der Waals surface area contributed by atoms with Crippen LogP contribution >= 0.6 is 0 Å². The van der Waals surface area contributed by atoms with Crippen molar-refractivity contribution in [3.8, 4) is 0 Å². The number of rotatable bonds is 6. The second kappa shape index (κ2) is 7.03. The number of hydrogen-bond donors (Lipinski definition) is 0. The van der Waals surface area contributed by atoms with Crippen LogP contribution in [0, 0.1) is 6.61 Å². The summed E-state index contributed by atoms with van der Waals surface area (Å²) in [7, 11) is 0. The van der Waals surface area contributed by atoms with E-state index < -0.39 is 0 Å². The Kier molecular flexibility index (Phi) is 6.98. The van der Waals surface area contributed by atoms with Gasteiger partial charge in [0.2, 0.25) is 0 Å². The van der Waals surface area contributed by atoms with E-state index in [4.69, 9.17) is 9.47 Å². The van der Waals surface area contributed by atoms with Gasteiger partial charge < -0.3 is 9.47 Å². The van der Waals surface area contributed by atoms with Gasteiger partial charge in [0.15, 0.2) is 6.29 Å². The number of ether oxygens (including phenoxy) is 2. The molecule has 0 N–H and O–H groups in total. The fourth-order valence-corrected chi connectivity index (χ4v) is 0.643. The molecule has 0 aliphatic carbocycles. The summed E-state index contributed by atoms with van der Waals surface area (Å²) in [6, 6.07) is 0. The van der Waals surface area contributed by atoms with E-state index in [1.165, 1.54) is 0 Å². The first-order chi connectivity index (χ1) is 4.85. The maximum absolute atomic E-state index is 5.24. The highest BCUT2D eigenvalue weighted by Crippen LogP contribution is 2.02. The highest BCUT2D eigenvalue weighted by molar-refractivity contribution is 4.47. The minimum atomic E-state index is -0.0371. The van der Waals surface area contributed by atoms with E-state index in [1.807, 2.05) is 20.8 Å². The standard InChI is InChI=1S/C8H17O2/c1-4-7-10-8(5-2)9-6-3/h7-8H,4-6H2,1-3H3. The van der Waals surface area contributed by atoms with Crippen molar-refractivity contribution in [3.05, 3.63) is 6.61 Å². The summed E-state index contributed by atoms with van der Waals surface area (Å²) in [4.78, 5) is 0. The maximum Gasteiger partial charge on any atom is 0.157 e. The Morgan fingerprint density at radius 2 is 2.00 bits per heavy atom. The summed E-state index contributed by atoms with van der Waals surface area (Å²) in [5.74, 6) is 0. The van der Waals surface area contributed by atoms with Crippen LogP contribution in [0.3, 0.4) is 0 Å². The molecule has 0 aromatic rings. The van der Waals surface area contributed by atoms with Gasteiger partial charge in [0.1, 0.15) is 0 Å². The summed E-state index contributed by atoms with van der Waals surface area (Å²) in [5, 5.41) is 0. The minimum Gasteiger partial charge on any atom is -0.353 e. The fraction of sp³-hybridized carbons (Fsp3) is 0.875. The topological polar surface area (TPSA) is 18.5 Å². The Bertz CT molecular complexity index is 64.3. The summed E-state index contributed by atoms with van der Waals surface area (Å²) >= 11 is 0. The van der Waals surface area contributed by atoms with Crippen molar-refractivity contribution in [3.63, 3.8) is 0 Å². The van der Waals surface area contributed by atoms with Gasteiger partial charge >= 0.3 is 0 Å². The molecule has 0 aromatic heterocycles. The molecule has 2 nitrogen and oxygen atoms in total. The lowest BCUT2D eigenvalue weighted by atomic mass is 10.4. The van der Waals surface area contributed by atoms with Crippen LogP contribution in [0.2, 0.25) is 0 Å². The van der Waals surface area contributed by atoms with E-state index in [9.17, 15) is 0 Å². The highest BCUT2D eigenvalue weighted by Gasteiger charge is 2.02. The summed E-state index contributed by atoms with van der Waals surface area (Å²) in [6.07, 6.45) is 1.80. The Balaban J connectivity index is 3.21. The van der Waals surface area contributed by atoms with E-state index in [-0.39, 0.29) is 6.29 Å². The molecule has 0 saturated heterocycles. The van der Waals surface area contributed by atoms with Gasteiger partial charge in [0, 0.05) is 6.61 Å². The number of hydrogen-bond acceptors (Lipinski definition) is 2. The third-order valence-corrected chi connectivity index (χ3v) is 1.10. The molecule has 2 heteroatoms. The summed E-state index contributed by atoms with van der Waals surface area (Å²) in [5.41, 5.74) is 0. The Hall–Kier alpha value is -0.0800. The second-order valence-electron chi connectivity index (χ2n) is 2.00. The van der Waals surface area contributed by atoms with Crippen LogP contribution < -0.4 is 0 Å². The predicted octanol–water partition coefficient (Wildman–Crippen LogP) is 2.35. The molecule has 0 fully saturated rings. The summed E-state index contributed by atoms with van der Waals surface area (Å²) < 4.78 is 10.5. The Labute approximate surface area is 63.5 Å². The second-order valence-corrected chi connectivity index (χ2v) is 2.00. The monoisotopic (exact) mass is 145 g/mol. The predicted molar refractivity (Wildman–Crippen MR) is 41.4 cm³/mol. The van der Waals surface area contributed by atoms with Crippen molar-refractivity contribution in [1.82, 2.24) is 0 Å². The molecule has 0 bridgehead atoms. The summed E-state index contributed by atoms with van der Waals surface area (Å²) in [6.45, 7) is 8.56. The van der Waals surface area contributed by atoms with Gasteiger partial charge in [-0.15, -0.1) is 0 Å². The van der Waals surface area contributed by atoms with Crippen molar-refractivity contribution in [2.24, 2.45) is 0 Å². The zero-order valence-corrected chi connectivity index (χ0v) is 7.09. The molecule has 0 saturated carbocycles. The van der Waals surface area contributed by atoms with E-state index in [2.05, 4.69) is 0 Å². The van der Waals surface area contributed by atoms with E-state index in [0.29, 0.717) is 0 Å². The molecular formula is C8H17O2. The molecule has 10 heavy (non-hydrogen) atoms. The molecule has 0 spiro atoms. The van der Waals surface area contributed by atoms with Gasteiger partial charge in [-0.3, -0.25) is 0 Å². The van der Waals surface area contributed by atoms with E-state index in [0.717, 1.165) is 19.4 Å². The van der Waals surface area contributed by atoms with Crippen molar-refractivity contribution >= 4 is 0 Å². The molecule has 0 aliphatic rings. The third-order valence-electron chi connectivity index (χ3n) is 1.10. The lowest BCUT2D eigenvalue weighted by Crippen LogP contribution is -2.14. The highest BCUT2D eigenvalue weighted by atomic mass is 16.7. The first-order valence-electron chi connectivity index (χ1n) is 3.93. The Morgan fingerprint density at radius 3 is 2.40 bits per heavy atom. The van der Waals surface area contributed by atoms with Gasteiger partial charge in [0.05, 0.1) is 6.61 Å². The van der Waals surface area contributed by atoms with Crippen LogP contribution in [0.15, 0.2) is 0 Å². The van der Waals surface area contributed by atoms with Crippen molar-refractivity contribution in [2.75, 3.05) is 6.61 Å². The van der Waals surface area contributed by atoms with Crippen LogP contribution in [0.4, 0.5) is 0 Å².